The maximum Gasteiger partial charge on any atom is 0.152 e. The summed E-state index contributed by atoms with van der Waals surface area (Å²) < 4.78 is 23.3. The van der Waals surface area contributed by atoms with Crippen molar-refractivity contribution in [3.63, 3.8) is 0 Å². The third-order valence-electron chi connectivity index (χ3n) is 3.22. The number of rotatable bonds is 3. The van der Waals surface area contributed by atoms with E-state index in [1.54, 1.807) is 0 Å². The van der Waals surface area contributed by atoms with E-state index in [9.17, 15) is 8.42 Å². The zero-order chi connectivity index (χ0) is 14.0. The summed E-state index contributed by atoms with van der Waals surface area (Å²) in [6.07, 6.45) is 2.92. The van der Waals surface area contributed by atoms with Gasteiger partial charge in [-0.25, -0.2) is 18.4 Å². The van der Waals surface area contributed by atoms with Gasteiger partial charge in [0.05, 0.1) is 11.5 Å². The number of halogens is 1. The van der Waals surface area contributed by atoms with E-state index in [0.717, 1.165) is 12.0 Å². The van der Waals surface area contributed by atoms with E-state index in [1.807, 2.05) is 13.8 Å². The Morgan fingerprint density at radius 3 is 2.79 bits per heavy atom. The predicted molar refractivity (Wildman–Crippen MR) is 76.4 cm³/mol. The summed E-state index contributed by atoms with van der Waals surface area (Å²) in [5, 5.41) is 3.63. The third-order valence-corrected chi connectivity index (χ3v) is 5.34. The van der Waals surface area contributed by atoms with Crippen molar-refractivity contribution in [2.45, 2.75) is 38.6 Å². The minimum atomic E-state index is -2.93. The van der Waals surface area contributed by atoms with Crippen molar-refractivity contribution in [3.05, 3.63) is 17.0 Å². The summed E-state index contributed by atoms with van der Waals surface area (Å²) in [6.45, 7) is 4.01. The van der Waals surface area contributed by atoms with Crippen LogP contribution >= 0.6 is 11.6 Å². The Labute approximate surface area is 118 Å². The molecule has 0 aromatic carbocycles. The zero-order valence-corrected chi connectivity index (χ0v) is 12.6. The number of sulfone groups is 1. The molecule has 2 heterocycles. The fourth-order valence-electron chi connectivity index (χ4n) is 2.33. The minimum Gasteiger partial charge on any atom is -0.366 e. The van der Waals surface area contributed by atoms with Gasteiger partial charge < -0.3 is 5.32 Å². The molecule has 1 aromatic rings. The smallest absolute Gasteiger partial charge is 0.152 e. The Bertz CT molecular complexity index is 560. The molecule has 19 heavy (non-hydrogen) atoms. The van der Waals surface area contributed by atoms with Crippen molar-refractivity contribution in [3.8, 4) is 0 Å². The average molecular weight is 304 g/mol. The van der Waals surface area contributed by atoms with Crippen LogP contribution in [0.5, 0.6) is 0 Å². The molecule has 0 radical (unpaired) electrons. The summed E-state index contributed by atoms with van der Waals surface area (Å²) in [4.78, 5) is 8.18. The SMILES string of the molecule is CC(C)c1c(Cl)ncnc1NC1CCCS(=O)(=O)C1. The lowest BCUT2D eigenvalue weighted by molar-refractivity contribution is 0.561. The van der Waals surface area contributed by atoms with Crippen molar-refractivity contribution in [1.82, 2.24) is 9.97 Å². The Morgan fingerprint density at radius 2 is 2.16 bits per heavy atom. The molecule has 106 valence electrons. The molecule has 1 unspecified atom stereocenters. The van der Waals surface area contributed by atoms with E-state index in [2.05, 4.69) is 15.3 Å². The van der Waals surface area contributed by atoms with E-state index in [0.29, 0.717) is 17.4 Å². The Kier molecular flexibility index (Phi) is 4.30. The number of anilines is 1. The zero-order valence-electron chi connectivity index (χ0n) is 11.1. The first-order valence-corrected chi connectivity index (χ1v) is 8.56. The van der Waals surface area contributed by atoms with Gasteiger partial charge in [0.15, 0.2) is 9.84 Å². The lowest BCUT2D eigenvalue weighted by atomic mass is 10.1. The van der Waals surface area contributed by atoms with Crippen LogP contribution in [-0.2, 0) is 9.84 Å². The van der Waals surface area contributed by atoms with Gasteiger partial charge in [-0.05, 0) is 18.8 Å². The number of aromatic nitrogens is 2. The summed E-state index contributed by atoms with van der Waals surface area (Å²) >= 11 is 6.09. The van der Waals surface area contributed by atoms with Crippen LogP contribution in [0.1, 0.15) is 38.2 Å². The van der Waals surface area contributed by atoms with Gasteiger partial charge in [-0.3, -0.25) is 0 Å². The molecule has 1 N–H and O–H groups in total. The molecule has 1 aliphatic heterocycles. The first-order valence-electron chi connectivity index (χ1n) is 6.36. The van der Waals surface area contributed by atoms with E-state index in [4.69, 9.17) is 11.6 Å². The Hall–Kier alpha value is -0.880. The monoisotopic (exact) mass is 303 g/mol. The lowest BCUT2D eigenvalue weighted by Gasteiger charge is -2.25. The van der Waals surface area contributed by atoms with Crippen LogP contribution in [0.15, 0.2) is 6.33 Å². The molecule has 0 amide bonds. The third kappa shape index (κ3) is 3.57. The van der Waals surface area contributed by atoms with Crippen LogP contribution in [0, 0.1) is 0 Å². The van der Waals surface area contributed by atoms with Crippen LogP contribution in [0.3, 0.4) is 0 Å². The number of nitrogens with zero attached hydrogens (tertiary/aromatic N) is 2. The molecule has 1 atom stereocenters. The highest BCUT2D eigenvalue weighted by molar-refractivity contribution is 7.91. The van der Waals surface area contributed by atoms with Gasteiger partial charge in [-0.1, -0.05) is 25.4 Å². The average Bonchev–Trinajstić information content (AvgIpc) is 2.26. The second kappa shape index (κ2) is 5.63. The molecule has 2 rings (SSSR count). The summed E-state index contributed by atoms with van der Waals surface area (Å²) in [5.74, 6) is 1.27. The maximum atomic E-state index is 11.6. The van der Waals surface area contributed by atoms with Crippen molar-refractivity contribution in [1.29, 1.82) is 0 Å². The number of hydrogen-bond acceptors (Lipinski definition) is 5. The minimum absolute atomic E-state index is 0.0952. The van der Waals surface area contributed by atoms with Crippen LogP contribution in [0.4, 0.5) is 5.82 Å². The predicted octanol–water partition coefficient (Wildman–Crippen LogP) is 2.24. The van der Waals surface area contributed by atoms with Gasteiger partial charge in [-0.2, -0.15) is 0 Å². The first-order chi connectivity index (χ1) is 8.89. The van der Waals surface area contributed by atoms with Crippen molar-refractivity contribution >= 4 is 27.3 Å². The van der Waals surface area contributed by atoms with Crippen LogP contribution in [0.25, 0.3) is 0 Å². The van der Waals surface area contributed by atoms with Crippen molar-refractivity contribution < 1.29 is 8.42 Å². The molecule has 1 saturated heterocycles. The van der Waals surface area contributed by atoms with Gasteiger partial charge in [0, 0.05) is 11.6 Å². The van der Waals surface area contributed by atoms with Gasteiger partial charge in [-0.15, -0.1) is 0 Å². The highest BCUT2D eigenvalue weighted by Crippen LogP contribution is 2.29. The fourth-order valence-corrected chi connectivity index (χ4v) is 4.32. The topological polar surface area (TPSA) is 72.0 Å². The van der Waals surface area contributed by atoms with Crippen LogP contribution < -0.4 is 5.32 Å². The quantitative estimate of drug-likeness (QED) is 0.867. The summed E-state index contributed by atoms with van der Waals surface area (Å²) in [7, 11) is -2.93. The largest absolute Gasteiger partial charge is 0.366 e. The molecule has 7 heteroatoms. The highest BCUT2D eigenvalue weighted by atomic mass is 35.5. The normalized spacial score (nSPS) is 22.4. The molecule has 0 aliphatic carbocycles. The molecular formula is C12H18ClN3O2S. The van der Waals surface area contributed by atoms with Gasteiger partial charge in [0.25, 0.3) is 0 Å². The molecule has 1 aliphatic rings. The molecular weight excluding hydrogens is 286 g/mol. The fraction of sp³-hybridized carbons (Fsp3) is 0.667. The number of nitrogens with one attached hydrogen (secondary N) is 1. The van der Waals surface area contributed by atoms with Crippen LogP contribution in [-0.4, -0.2) is 35.9 Å². The van der Waals surface area contributed by atoms with Gasteiger partial charge in [0.1, 0.15) is 17.3 Å². The molecule has 1 aromatic heterocycles. The maximum absolute atomic E-state index is 11.6. The molecule has 0 saturated carbocycles. The second-order valence-corrected chi connectivity index (χ2v) is 7.77. The molecule has 5 nitrogen and oxygen atoms in total. The summed E-state index contributed by atoms with van der Waals surface area (Å²) in [5.41, 5.74) is 0.840. The molecule has 1 fully saturated rings. The lowest BCUT2D eigenvalue weighted by Crippen LogP contribution is -2.35. The van der Waals surface area contributed by atoms with Crippen LogP contribution in [0.2, 0.25) is 5.15 Å². The standard InChI is InChI=1S/C12H18ClN3O2S/c1-8(2)10-11(13)14-7-15-12(10)16-9-4-3-5-19(17,18)6-9/h7-9H,3-6H2,1-2H3,(H,14,15,16). The summed E-state index contributed by atoms with van der Waals surface area (Å²) in [6, 6.07) is -0.0952. The van der Waals surface area contributed by atoms with E-state index in [-0.39, 0.29) is 23.5 Å². The highest BCUT2D eigenvalue weighted by Gasteiger charge is 2.26. The number of hydrogen-bond donors (Lipinski definition) is 1. The molecule has 0 spiro atoms. The first kappa shape index (κ1) is 14.5. The van der Waals surface area contributed by atoms with Crippen molar-refractivity contribution in [2.24, 2.45) is 0 Å². The van der Waals surface area contributed by atoms with E-state index < -0.39 is 9.84 Å². The van der Waals surface area contributed by atoms with Gasteiger partial charge in [0.2, 0.25) is 0 Å². The van der Waals surface area contributed by atoms with E-state index in [1.165, 1.54) is 6.33 Å². The van der Waals surface area contributed by atoms with E-state index >= 15 is 0 Å². The second-order valence-electron chi connectivity index (χ2n) is 5.18. The Balaban J connectivity index is 2.22. The van der Waals surface area contributed by atoms with Crippen molar-refractivity contribution in [2.75, 3.05) is 16.8 Å². The van der Waals surface area contributed by atoms with Gasteiger partial charge >= 0.3 is 0 Å². The molecule has 0 bridgehead atoms. The Morgan fingerprint density at radius 1 is 1.42 bits per heavy atom.